The van der Waals surface area contributed by atoms with Gasteiger partial charge in [-0.05, 0) is 12.1 Å². The predicted octanol–water partition coefficient (Wildman–Crippen LogP) is -1.07. The van der Waals surface area contributed by atoms with Crippen molar-refractivity contribution >= 4 is 17.6 Å². The lowest BCUT2D eigenvalue weighted by molar-refractivity contribution is -0.119. The fraction of sp³-hybridized carbons (Fsp3) is 0.100. The van der Waals surface area contributed by atoms with E-state index in [-0.39, 0.29) is 23.8 Å². The number of rotatable bonds is 5. The molecule has 0 spiro atoms. The van der Waals surface area contributed by atoms with E-state index in [1.54, 1.807) is 0 Å². The van der Waals surface area contributed by atoms with Gasteiger partial charge in [-0.15, -0.1) is 0 Å². The first-order chi connectivity index (χ1) is 7.91. The Kier molecular flexibility index (Phi) is 3.66. The Morgan fingerprint density at radius 3 is 2.35 bits per heavy atom. The van der Waals surface area contributed by atoms with Gasteiger partial charge in [-0.3, -0.25) is 15.0 Å². The van der Waals surface area contributed by atoms with Crippen molar-refractivity contribution in [2.75, 3.05) is 6.61 Å². The van der Waals surface area contributed by atoms with Gasteiger partial charge in [0.2, 0.25) is 0 Å². The number of hydrogen-bond acceptors (Lipinski definition) is 4. The van der Waals surface area contributed by atoms with E-state index in [1.165, 1.54) is 18.2 Å². The fourth-order valence-corrected chi connectivity index (χ4v) is 1.16. The van der Waals surface area contributed by atoms with Crippen LogP contribution in [0.2, 0.25) is 0 Å². The van der Waals surface area contributed by atoms with Crippen LogP contribution in [-0.4, -0.2) is 24.3 Å². The molecular weight excluding hydrogens is 224 g/mol. The van der Waals surface area contributed by atoms with Gasteiger partial charge in [0.25, 0.3) is 11.8 Å². The summed E-state index contributed by atoms with van der Waals surface area (Å²) in [5.41, 5.74) is 15.8. The van der Waals surface area contributed by atoms with Crippen LogP contribution in [0.4, 0.5) is 0 Å². The highest BCUT2D eigenvalue weighted by Crippen LogP contribution is 2.20. The maximum Gasteiger partial charge on any atom is 0.255 e. The number of hydrogen-bond donors (Lipinski definition) is 4. The molecular formula is C10H12N4O3. The van der Waals surface area contributed by atoms with Crippen LogP contribution in [0.1, 0.15) is 15.9 Å². The molecule has 1 aromatic rings. The number of amidine groups is 1. The van der Waals surface area contributed by atoms with Crippen LogP contribution in [0.25, 0.3) is 0 Å². The van der Waals surface area contributed by atoms with E-state index in [2.05, 4.69) is 0 Å². The number of nitrogen functional groups attached to an aromatic ring is 1. The lowest BCUT2D eigenvalue weighted by atomic mass is 10.1. The molecule has 0 bridgehead atoms. The van der Waals surface area contributed by atoms with Gasteiger partial charge in [0.05, 0.1) is 5.56 Å². The SMILES string of the molecule is N=C(N)c1ccc(C(N)=O)c(OCC(N)=O)c1. The summed E-state index contributed by atoms with van der Waals surface area (Å²) in [6.07, 6.45) is 0. The minimum Gasteiger partial charge on any atom is -0.483 e. The molecule has 0 heterocycles. The normalized spacial score (nSPS) is 9.65. The summed E-state index contributed by atoms with van der Waals surface area (Å²) < 4.78 is 5.02. The summed E-state index contributed by atoms with van der Waals surface area (Å²) in [5.74, 6) is -1.51. The molecule has 0 aliphatic heterocycles. The average molecular weight is 236 g/mol. The van der Waals surface area contributed by atoms with Crippen LogP contribution in [-0.2, 0) is 4.79 Å². The first-order valence-corrected chi connectivity index (χ1v) is 4.61. The second kappa shape index (κ2) is 4.97. The zero-order valence-electron chi connectivity index (χ0n) is 8.90. The second-order valence-electron chi connectivity index (χ2n) is 3.24. The van der Waals surface area contributed by atoms with Crippen LogP contribution < -0.4 is 21.9 Å². The number of nitrogens with two attached hydrogens (primary N) is 3. The number of nitrogens with one attached hydrogen (secondary N) is 1. The monoisotopic (exact) mass is 236 g/mol. The molecule has 1 aromatic carbocycles. The minimum absolute atomic E-state index is 0.0731. The Hall–Kier alpha value is -2.57. The van der Waals surface area contributed by atoms with E-state index in [1.807, 2.05) is 0 Å². The van der Waals surface area contributed by atoms with Gasteiger partial charge in [-0.2, -0.15) is 0 Å². The minimum atomic E-state index is -0.709. The van der Waals surface area contributed by atoms with Crippen molar-refractivity contribution in [2.24, 2.45) is 17.2 Å². The number of carbonyl (C=O) groups is 2. The summed E-state index contributed by atoms with van der Waals surface area (Å²) in [6, 6.07) is 4.18. The van der Waals surface area contributed by atoms with Crippen molar-refractivity contribution in [3.8, 4) is 5.75 Å². The van der Waals surface area contributed by atoms with E-state index in [4.69, 9.17) is 27.3 Å². The zero-order chi connectivity index (χ0) is 13.0. The Balaban J connectivity index is 3.11. The molecule has 1 rings (SSSR count). The van der Waals surface area contributed by atoms with Crippen LogP contribution in [0.15, 0.2) is 18.2 Å². The quantitative estimate of drug-likeness (QED) is 0.381. The largest absolute Gasteiger partial charge is 0.483 e. The van der Waals surface area contributed by atoms with Gasteiger partial charge < -0.3 is 21.9 Å². The van der Waals surface area contributed by atoms with E-state index in [9.17, 15) is 9.59 Å². The number of amides is 2. The third kappa shape index (κ3) is 3.20. The Bertz CT molecular complexity index is 484. The molecule has 0 aliphatic rings. The molecule has 90 valence electrons. The summed E-state index contributed by atoms with van der Waals surface area (Å²) in [7, 11) is 0. The van der Waals surface area contributed by atoms with Crippen LogP contribution >= 0.6 is 0 Å². The second-order valence-corrected chi connectivity index (χ2v) is 3.24. The molecule has 0 atom stereocenters. The zero-order valence-corrected chi connectivity index (χ0v) is 8.90. The van der Waals surface area contributed by atoms with Crippen LogP contribution in [0.3, 0.4) is 0 Å². The van der Waals surface area contributed by atoms with Crippen LogP contribution in [0.5, 0.6) is 5.75 Å². The molecule has 17 heavy (non-hydrogen) atoms. The fourth-order valence-electron chi connectivity index (χ4n) is 1.16. The maximum absolute atomic E-state index is 11.1. The first kappa shape index (κ1) is 12.5. The standard InChI is InChI=1S/C10H12N4O3/c11-8(15)4-17-7-3-5(9(12)13)1-2-6(7)10(14)16/h1-3H,4H2,(H2,11,15)(H3,12,13)(H2,14,16). The number of ether oxygens (including phenoxy) is 1. The molecule has 0 saturated carbocycles. The molecule has 7 heteroatoms. The van der Waals surface area contributed by atoms with Gasteiger partial charge in [0.15, 0.2) is 6.61 Å². The molecule has 7 N–H and O–H groups in total. The van der Waals surface area contributed by atoms with Crippen LogP contribution in [0, 0.1) is 5.41 Å². The summed E-state index contributed by atoms with van der Waals surface area (Å²) in [6.45, 7) is -0.387. The van der Waals surface area contributed by atoms with Crippen molar-refractivity contribution in [3.63, 3.8) is 0 Å². The number of carbonyl (C=O) groups excluding carboxylic acids is 2. The third-order valence-corrected chi connectivity index (χ3v) is 1.93. The van der Waals surface area contributed by atoms with E-state index in [0.29, 0.717) is 5.56 Å². The molecule has 0 aromatic heterocycles. The van der Waals surface area contributed by atoms with E-state index >= 15 is 0 Å². The van der Waals surface area contributed by atoms with Gasteiger partial charge in [0.1, 0.15) is 11.6 Å². The maximum atomic E-state index is 11.1. The average Bonchev–Trinajstić information content (AvgIpc) is 2.25. The van der Waals surface area contributed by atoms with Gasteiger partial charge >= 0.3 is 0 Å². The van der Waals surface area contributed by atoms with Crippen molar-refractivity contribution in [1.29, 1.82) is 5.41 Å². The van der Waals surface area contributed by atoms with Gasteiger partial charge in [-0.1, -0.05) is 6.07 Å². The van der Waals surface area contributed by atoms with Crippen molar-refractivity contribution in [2.45, 2.75) is 0 Å². The van der Waals surface area contributed by atoms with E-state index < -0.39 is 11.8 Å². The molecule has 7 nitrogen and oxygen atoms in total. The van der Waals surface area contributed by atoms with Crippen molar-refractivity contribution in [3.05, 3.63) is 29.3 Å². The van der Waals surface area contributed by atoms with E-state index in [0.717, 1.165) is 0 Å². The Morgan fingerprint density at radius 1 is 1.24 bits per heavy atom. The molecule has 0 unspecified atom stereocenters. The molecule has 2 amide bonds. The summed E-state index contributed by atoms with van der Waals surface area (Å²) in [4.78, 5) is 21.7. The molecule has 0 radical (unpaired) electrons. The van der Waals surface area contributed by atoms with Gasteiger partial charge in [-0.25, -0.2) is 0 Å². The summed E-state index contributed by atoms with van der Waals surface area (Å²) >= 11 is 0. The highest BCUT2D eigenvalue weighted by molar-refractivity contribution is 5.99. The molecule has 0 aliphatic carbocycles. The highest BCUT2D eigenvalue weighted by atomic mass is 16.5. The van der Waals surface area contributed by atoms with Gasteiger partial charge in [0, 0.05) is 5.56 Å². The van der Waals surface area contributed by atoms with Crippen molar-refractivity contribution < 1.29 is 14.3 Å². The number of benzene rings is 1. The third-order valence-electron chi connectivity index (χ3n) is 1.93. The number of primary amides is 2. The first-order valence-electron chi connectivity index (χ1n) is 4.61. The molecule has 0 saturated heterocycles. The Labute approximate surface area is 97.0 Å². The van der Waals surface area contributed by atoms with Crippen molar-refractivity contribution in [1.82, 2.24) is 0 Å². The lowest BCUT2D eigenvalue weighted by Gasteiger charge is -2.09. The topological polar surface area (TPSA) is 145 Å². The highest BCUT2D eigenvalue weighted by Gasteiger charge is 2.12. The summed E-state index contributed by atoms with van der Waals surface area (Å²) in [5, 5.41) is 7.24. The lowest BCUT2D eigenvalue weighted by Crippen LogP contribution is -2.22. The Morgan fingerprint density at radius 2 is 1.88 bits per heavy atom. The molecule has 0 fully saturated rings. The predicted molar refractivity (Wildman–Crippen MR) is 60.7 cm³/mol. The smallest absolute Gasteiger partial charge is 0.255 e.